The van der Waals surface area contributed by atoms with Gasteiger partial charge in [0.2, 0.25) is 0 Å². The summed E-state index contributed by atoms with van der Waals surface area (Å²) in [5, 5.41) is 4.39. The van der Waals surface area contributed by atoms with Gasteiger partial charge in [-0.2, -0.15) is 13.2 Å². The molecule has 1 unspecified atom stereocenters. The van der Waals surface area contributed by atoms with E-state index in [2.05, 4.69) is 51.4 Å². The number of fused-ring (bicyclic) bond motifs is 1. The van der Waals surface area contributed by atoms with Crippen molar-refractivity contribution in [2.45, 2.75) is 51.4 Å². The predicted octanol–water partition coefficient (Wildman–Crippen LogP) is 5.25. The lowest BCUT2D eigenvalue weighted by atomic mass is 10.1. The molecule has 1 aromatic carbocycles. The molecule has 0 spiro atoms. The van der Waals surface area contributed by atoms with E-state index in [1.54, 1.807) is 6.07 Å². The maximum atomic E-state index is 12.8. The van der Waals surface area contributed by atoms with Gasteiger partial charge in [0.05, 0.1) is 11.8 Å². The molecule has 160 valence electrons. The Labute approximate surface area is 178 Å². The molecule has 1 fully saturated rings. The minimum absolute atomic E-state index is 0.284. The van der Waals surface area contributed by atoms with Gasteiger partial charge in [0, 0.05) is 30.6 Å². The Morgan fingerprint density at radius 2 is 2.03 bits per heavy atom. The molecule has 1 aliphatic rings. The van der Waals surface area contributed by atoms with Gasteiger partial charge in [-0.1, -0.05) is 29.8 Å². The Kier molecular flexibility index (Phi) is 6.24. The number of nitrogens with one attached hydrogen (secondary N) is 1. The Morgan fingerprint density at radius 3 is 2.83 bits per heavy atom. The molecule has 1 aliphatic heterocycles. The Hall–Kier alpha value is -2.19. The molecule has 1 saturated heterocycles. The van der Waals surface area contributed by atoms with Crippen LogP contribution in [0.4, 0.5) is 19.0 Å². The number of rotatable bonds is 5. The quantitative estimate of drug-likeness (QED) is 0.595. The van der Waals surface area contributed by atoms with Gasteiger partial charge in [-0.15, -0.1) is 11.3 Å². The molecule has 3 aromatic rings. The molecular formula is C22H25F3N4S. The van der Waals surface area contributed by atoms with Gasteiger partial charge in [-0.05, 0) is 37.8 Å². The monoisotopic (exact) mass is 434 g/mol. The zero-order valence-corrected chi connectivity index (χ0v) is 17.7. The van der Waals surface area contributed by atoms with Crippen molar-refractivity contribution in [3.8, 4) is 0 Å². The van der Waals surface area contributed by atoms with Crippen LogP contribution in [-0.4, -0.2) is 35.3 Å². The summed E-state index contributed by atoms with van der Waals surface area (Å²) >= 11 is 1.10. The van der Waals surface area contributed by atoms with Crippen LogP contribution in [0.2, 0.25) is 0 Å². The number of halogens is 3. The number of hydrogen-bond acceptors (Lipinski definition) is 5. The molecule has 0 amide bonds. The number of nitrogens with zero attached hydrogens (tertiary/aromatic N) is 3. The number of alkyl halides is 3. The van der Waals surface area contributed by atoms with Gasteiger partial charge in [-0.3, -0.25) is 0 Å². The second-order valence-corrected chi connectivity index (χ2v) is 9.02. The van der Waals surface area contributed by atoms with E-state index >= 15 is 0 Å². The lowest BCUT2D eigenvalue weighted by Gasteiger charge is -2.22. The zero-order chi connectivity index (χ0) is 21.1. The van der Waals surface area contributed by atoms with Crippen LogP contribution in [0.5, 0.6) is 0 Å². The van der Waals surface area contributed by atoms with Gasteiger partial charge in [0.1, 0.15) is 17.0 Å². The maximum Gasteiger partial charge on any atom is 0.393 e. The molecule has 2 aromatic heterocycles. The topological polar surface area (TPSA) is 41.0 Å². The average Bonchev–Trinajstić information content (AvgIpc) is 2.93. The second-order valence-electron chi connectivity index (χ2n) is 7.91. The predicted molar refractivity (Wildman–Crippen MR) is 115 cm³/mol. The summed E-state index contributed by atoms with van der Waals surface area (Å²) in [5.74, 6) is 0.754. The maximum absolute atomic E-state index is 12.8. The summed E-state index contributed by atoms with van der Waals surface area (Å²) in [7, 11) is 0. The molecule has 4 nitrogen and oxygen atoms in total. The first kappa shape index (κ1) is 21.1. The normalized spacial score (nSPS) is 18.0. The molecule has 1 N–H and O–H groups in total. The third kappa shape index (κ3) is 5.29. The minimum atomic E-state index is -4.22. The highest BCUT2D eigenvalue weighted by Crippen LogP contribution is 2.34. The Morgan fingerprint density at radius 1 is 1.17 bits per heavy atom. The number of thiophene rings is 1. The number of aryl methyl sites for hydroxylation is 1. The molecule has 1 atom stereocenters. The van der Waals surface area contributed by atoms with E-state index in [0.717, 1.165) is 61.4 Å². The van der Waals surface area contributed by atoms with Crippen molar-refractivity contribution >= 4 is 27.4 Å². The second kappa shape index (κ2) is 8.89. The smallest absolute Gasteiger partial charge is 0.356 e. The van der Waals surface area contributed by atoms with E-state index in [0.29, 0.717) is 10.9 Å². The molecule has 0 saturated carbocycles. The summed E-state index contributed by atoms with van der Waals surface area (Å²) in [4.78, 5) is 11.7. The first-order valence-electron chi connectivity index (χ1n) is 10.2. The average molecular weight is 435 g/mol. The number of aromatic nitrogens is 2. The third-order valence-corrected chi connectivity index (χ3v) is 6.48. The van der Waals surface area contributed by atoms with Crippen LogP contribution in [0.15, 0.2) is 36.7 Å². The van der Waals surface area contributed by atoms with Crippen molar-refractivity contribution in [2.75, 3.05) is 18.0 Å². The molecular weight excluding hydrogens is 409 g/mol. The lowest BCUT2D eigenvalue weighted by Crippen LogP contribution is -2.31. The van der Waals surface area contributed by atoms with Crippen LogP contribution in [0.3, 0.4) is 0 Å². The highest BCUT2D eigenvalue weighted by Gasteiger charge is 2.29. The standard InChI is InChI=1S/C22H25F3N4S/c1-15-4-2-5-16(10-15)13-26-17-6-3-8-29(9-7-17)20-19-11-18(12-22(23,24)25)30-21(19)28-14-27-20/h2,4-5,10-11,14,17,26H,3,6-9,12-13H2,1H3. The van der Waals surface area contributed by atoms with Crippen molar-refractivity contribution in [3.63, 3.8) is 0 Å². The highest BCUT2D eigenvalue weighted by molar-refractivity contribution is 7.18. The van der Waals surface area contributed by atoms with Crippen LogP contribution in [0.25, 0.3) is 10.2 Å². The fraction of sp³-hybridized carbons (Fsp3) is 0.455. The van der Waals surface area contributed by atoms with Crippen LogP contribution >= 0.6 is 11.3 Å². The van der Waals surface area contributed by atoms with Gasteiger partial charge in [-0.25, -0.2) is 9.97 Å². The lowest BCUT2D eigenvalue weighted by molar-refractivity contribution is -0.126. The third-order valence-electron chi connectivity index (χ3n) is 5.44. The van der Waals surface area contributed by atoms with Crippen molar-refractivity contribution in [3.05, 3.63) is 52.7 Å². The van der Waals surface area contributed by atoms with Gasteiger partial charge in [0.15, 0.2) is 0 Å². The van der Waals surface area contributed by atoms with E-state index in [4.69, 9.17) is 0 Å². The number of hydrogen-bond donors (Lipinski definition) is 1. The van der Waals surface area contributed by atoms with Crippen LogP contribution < -0.4 is 10.2 Å². The fourth-order valence-corrected chi connectivity index (χ4v) is 5.05. The van der Waals surface area contributed by atoms with Gasteiger partial charge < -0.3 is 10.2 Å². The van der Waals surface area contributed by atoms with Crippen molar-refractivity contribution < 1.29 is 13.2 Å². The van der Waals surface area contributed by atoms with E-state index in [1.807, 2.05) is 0 Å². The van der Waals surface area contributed by atoms with E-state index in [9.17, 15) is 13.2 Å². The molecule has 3 heterocycles. The van der Waals surface area contributed by atoms with E-state index in [-0.39, 0.29) is 4.88 Å². The zero-order valence-electron chi connectivity index (χ0n) is 16.9. The van der Waals surface area contributed by atoms with Crippen molar-refractivity contribution in [2.24, 2.45) is 0 Å². The van der Waals surface area contributed by atoms with Crippen molar-refractivity contribution in [1.29, 1.82) is 0 Å². The molecule has 4 rings (SSSR count). The molecule has 30 heavy (non-hydrogen) atoms. The molecule has 0 radical (unpaired) electrons. The molecule has 8 heteroatoms. The molecule has 0 aliphatic carbocycles. The van der Waals surface area contributed by atoms with Gasteiger partial charge >= 0.3 is 6.18 Å². The summed E-state index contributed by atoms with van der Waals surface area (Å²) in [6.45, 7) is 4.61. The van der Waals surface area contributed by atoms with E-state index in [1.165, 1.54) is 17.5 Å². The summed E-state index contributed by atoms with van der Waals surface area (Å²) in [6, 6.07) is 10.5. The van der Waals surface area contributed by atoms with Crippen molar-refractivity contribution in [1.82, 2.24) is 15.3 Å². The largest absolute Gasteiger partial charge is 0.393 e. The Balaban J connectivity index is 1.43. The van der Waals surface area contributed by atoms with Gasteiger partial charge in [0.25, 0.3) is 0 Å². The van der Waals surface area contributed by atoms with Crippen LogP contribution in [-0.2, 0) is 13.0 Å². The highest BCUT2D eigenvalue weighted by atomic mass is 32.1. The minimum Gasteiger partial charge on any atom is -0.356 e. The summed E-state index contributed by atoms with van der Waals surface area (Å²) in [5.41, 5.74) is 2.54. The molecule has 0 bridgehead atoms. The number of benzene rings is 1. The number of anilines is 1. The fourth-order valence-electron chi connectivity index (χ4n) is 4.03. The summed E-state index contributed by atoms with van der Waals surface area (Å²) < 4.78 is 38.4. The SMILES string of the molecule is Cc1cccc(CNC2CCCN(c3ncnc4sc(CC(F)(F)F)cc34)CC2)c1. The van der Waals surface area contributed by atoms with Crippen LogP contribution in [0.1, 0.15) is 35.3 Å². The summed E-state index contributed by atoms with van der Waals surface area (Å²) in [6.07, 6.45) is -0.623. The van der Waals surface area contributed by atoms with E-state index < -0.39 is 12.6 Å². The Bertz CT molecular complexity index is 1000. The first-order chi connectivity index (χ1) is 14.4. The van der Waals surface area contributed by atoms with Crippen LogP contribution in [0, 0.1) is 6.92 Å². The first-order valence-corrected chi connectivity index (χ1v) is 11.0.